The molecule has 1 aliphatic carbocycles. The van der Waals surface area contributed by atoms with E-state index >= 15 is 0 Å². The Morgan fingerprint density at radius 2 is 1.78 bits per heavy atom. The third kappa shape index (κ3) is 3.87. The molecule has 2 aromatic carbocycles. The zero-order valence-corrected chi connectivity index (χ0v) is 12.9. The molecule has 0 heterocycles. The second-order valence-corrected chi connectivity index (χ2v) is 7.07. The molecule has 0 atom stereocenters. The first-order valence-corrected chi connectivity index (χ1v) is 8.62. The van der Waals surface area contributed by atoms with Gasteiger partial charge < -0.3 is 5.32 Å². The van der Waals surface area contributed by atoms with Gasteiger partial charge >= 0.3 is 0 Å². The first-order valence-electron chi connectivity index (χ1n) is 7.13. The molecule has 0 bridgehead atoms. The minimum atomic E-state index is -3.83. The lowest BCUT2D eigenvalue weighted by Gasteiger charge is -2.10. The number of anilines is 1. The summed E-state index contributed by atoms with van der Waals surface area (Å²) >= 11 is 0. The van der Waals surface area contributed by atoms with Crippen molar-refractivity contribution in [3.05, 3.63) is 59.9 Å². The molecule has 1 saturated carbocycles. The molecule has 23 heavy (non-hydrogen) atoms. The van der Waals surface area contributed by atoms with Crippen molar-refractivity contribution < 1.29 is 17.6 Å². The van der Waals surface area contributed by atoms with E-state index in [0.717, 1.165) is 25.0 Å². The van der Waals surface area contributed by atoms with Crippen molar-refractivity contribution in [3.8, 4) is 0 Å². The largest absolute Gasteiger partial charge is 0.349 e. The SMILES string of the molecule is O=C(NC1CC1)c1cccc(NS(=O)(=O)c2ccc(F)cc2)c1. The van der Waals surface area contributed by atoms with Crippen LogP contribution in [0, 0.1) is 5.82 Å². The van der Waals surface area contributed by atoms with E-state index in [1.54, 1.807) is 18.2 Å². The van der Waals surface area contributed by atoms with Crippen LogP contribution in [0.15, 0.2) is 53.4 Å². The van der Waals surface area contributed by atoms with E-state index in [4.69, 9.17) is 0 Å². The quantitative estimate of drug-likeness (QED) is 0.882. The zero-order valence-electron chi connectivity index (χ0n) is 12.1. The fourth-order valence-electron chi connectivity index (χ4n) is 2.05. The number of nitrogens with one attached hydrogen (secondary N) is 2. The monoisotopic (exact) mass is 334 g/mol. The Morgan fingerprint density at radius 3 is 2.43 bits per heavy atom. The summed E-state index contributed by atoms with van der Waals surface area (Å²) in [6.07, 6.45) is 1.95. The smallest absolute Gasteiger partial charge is 0.261 e. The highest BCUT2D eigenvalue weighted by Gasteiger charge is 2.24. The lowest BCUT2D eigenvalue weighted by atomic mass is 10.2. The number of halogens is 1. The van der Waals surface area contributed by atoms with Crippen LogP contribution < -0.4 is 10.0 Å². The maximum absolute atomic E-state index is 12.9. The molecule has 1 amide bonds. The standard InChI is InChI=1S/C16H15FN2O3S/c17-12-4-8-15(9-5-12)23(21,22)19-14-3-1-2-11(10-14)16(20)18-13-6-7-13/h1-5,8-10,13,19H,6-7H2,(H,18,20). The van der Waals surface area contributed by atoms with Crippen LogP contribution in [0.1, 0.15) is 23.2 Å². The molecule has 0 unspecified atom stereocenters. The van der Waals surface area contributed by atoms with E-state index in [9.17, 15) is 17.6 Å². The van der Waals surface area contributed by atoms with Gasteiger partial charge in [0.05, 0.1) is 4.90 Å². The Bertz CT molecular complexity index is 831. The molecule has 1 aliphatic rings. The van der Waals surface area contributed by atoms with Gasteiger partial charge in [-0.3, -0.25) is 9.52 Å². The predicted molar refractivity (Wildman–Crippen MR) is 84.1 cm³/mol. The highest BCUT2D eigenvalue weighted by atomic mass is 32.2. The molecule has 0 aliphatic heterocycles. The van der Waals surface area contributed by atoms with E-state index in [1.165, 1.54) is 18.2 Å². The number of sulfonamides is 1. The van der Waals surface area contributed by atoms with Crippen LogP contribution in [0.2, 0.25) is 0 Å². The first-order chi connectivity index (χ1) is 10.9. The van der Waals surface area contributed by atoms with Crippen molar-refractivity contribution in [1.29, 1.82) is 0 Å². The molecule has 1 fully saturated rings. The number of rotatable bonds is 5. The van der Waals surface area contributed by atoms with Gasteiger partial charge in [0.15, 0.2) is 0 Å². The number of carbonyl (C=O) groups is 1. The van der Waals surface area contributed by atoms with Crippen LogP contribution in [0.5, 0.6) is 0 Å². The van der Waals surface area contributed by atoms with Crippen molar-refractivity contribution in [2.75, 3.05) is 4.72 Å². The highest BCUT2D eigenvalue weighted by Crippen LogP contribution is 2.21. The van der Waals surface area contributed by atoms with Gasteiger partial charge in [-0.15, -0.1) is 0 Å². The average molecular weight is 334 g/mol. The summed E-state index contributed by atoms with van der Waals surface area (Å²) in [5.41, 5.74) is 0.661. The van der Waals surface area contributed by atoms with Gasteiger partial charge in [0.1, 0.15) is 5.82 Å². The van der Waals surface area contributed by atoms with Crippen molar-refractivity contribution in [2.24, 2.45) is 0 Å². The van der Waals surface area contributed by atoms with Crippen LogP contribution in [-0.2, 0) is 10.0 Å². The van der Waals surface area contributed by atoms with Gasteiger partial charge in [0.2, 0.25) is 0 Å². The maximum atomic E-state index is 12.9. The lowest BCUT2D eigenvalue weighted by molar-refractivity contribution is 0.0951. The van der Waals surface area contributed by atoms with Crippen molar-refractivity contribution >= 4 is 21.6 Å². The molecule has 3 rings (SSSR count). The molecule has 7 heteroatoms. The third-order valence-electron chi connectivity index (χ3n) is 3.41. The van der Waals surface area contributed by atoms with Crippen molar-refractivity contribution in [3.63, 3.8) is 0 Å². The summed E-state index contributed by atoms with van der Waals surface area (Å²) in [5.74, 6) is -0.738. The first kappa shape index (κ1) is 15.5. The minimum Gasteiger partial charge on any atom is -0.349 e. The second-order valence-electron chi connectivity index (χ2n) is 5.39. The summed E-state index contributed by atoms with van der Waals surface area (Å²) in [4.78, 5) is 11.9. The number of carbonyl (C=O) groups excluding carboxylic acids is 1. The summed E-state index contributed by atoms with van der Waals surface area (Å²) < 4.78 is 39.8. The van der Waals surface area contributed by atoms with Crippen LogP contribution in [0.4, 0.5) is 10.1 Å². The van der Waals surface area contributed by atoms with Gasteiger partial charge in [-0.1, -0.05) is 6.07 Å². The van der Waals surface area contributed by atoms with Crippen LogP contribution in [-0.4, -0.2) is 20.4 Å². The Balaban J connectivity index is 1.79. The molecule has 2 aromatic rings. The Hall–Kier alpha value is -2.41. The summed E-state index contributed by atoms with van der Waals surface area (Å²) in [7, 11) is -3.83. The minimum absolute atomic E-state index is 0.0493. The van der Waals surface area contributed by atoms with Crippen molar-refractivity contribution in [1.82, 2.24) is 5.32 Å². The molecule has 120 valence electrons. The zero-order chi connectivity index (χ0) is 16.4. The Kier molecular flexibility index (Phi) is 4.04. The lowest BCUT2D eigenvalue weighted by Crippen LogP contribution is -2.25. The molecule has 0 aromatic heterocycles. The molecule has 0 radical (unpaired) electrons. The van der Waals surface area contributed by atoms with E-state index < -0.39 is 15.8 Å². The number of benzene rings is 2. The Labute approximate surface area is 133 Å². The number of amides is 1. The van der Waals surface area contributed by atoms with E-state index in [-0.39, 0.29) is 22.5 Å². The van der Waals surface area contributed by atoms with E-state index in [0.29, 0.717) is 5.56 Å². The molecule has 5 nitrogen and oxygen atoms in total. The third-order valence-corrected chi connectivity index (χ3v) is 4.81. The predicted octanol–water partition coefficient (Wildman–Crippen LogP) is 2.52. The maximum Gasteiger partial charge on any atom is 0.261 e. The highest BCUT2D eigenvalue weighted by molar-refractivity contribution is 7.92. The fourth-order valence-corrected chi connectivity index (χ4v) is 3.10. The average Bonchev–Trinajstić information content (AvgIpc) is 3.31. The van der Waals surface area contributed by atoms with E-state index in [2.05, 4.69) is 10.0 Å². The number of hydrogen-bond donors (Lipinski definition) is 2. The molecule has 0 saturated heterocycles. The molecular weight excluding hydrogens is 319 g/mol. The van der Waals surface area contributed by atoms with Crippen molar-refractivity contribution in [2.45, 2.75) is 23.8 Å². The van der Waals surface area contributed by atoms with Gasteiger partial charge in [-0.25, -0.2) is 12.8 Å². The van der Waals surface area contributed by atoms with Gasteiger partial charge in [0, 0.05) is 17.3 Å². The normalized spacial score (nSPS) is 14.3. The van der Waals surface area contributed by atoms with Crippen LogP contribution >= 0.6 is 0 Å². The fraction of sp³-hybridized carbons (Fsp3) is 0.188. The summed E-state index contributed by atoms with van der Waals surface area (Å²) in [6, 6.07) is 11.0. The molecular formula is C16H15FN2O3S. The van der Waals surface area contributed by atoms with Crippen LogP contribution in [0.3, 0.4) is 0 Å². The number of hydrogen-bond acceptors (Lipinski definition) is 3. The van der Waals surface area contributed by atoms with E-state index in [1.807, 2.05) is 0 Å². The van der Waals surface area contributed by atoms with Crippen LogP contribution in [0.25, 0.3) is 0 Å². The van der Waals surface area contributed by atoms with Gasteiger partial charge in [-0.05, 0) is 55.3 Å². The Morgan fingerprint density at radius 1 is 1.09 bits per heavy atom. The molecule has 0 spiro atoms. The summed E-state index contributed by atoms with van der Waals surface area (Å²) in [6.45, 7) is 0. The van der Waals surface area contributed by atoms with Gasteiger partial charge in [0.25, 0.3) is 15.9 Å². The van der Waals surface area contributed by atoms with Gasteiger partial charge in [-0.2, -0.15) is 0 Å². The second kappa shape index (κ2) is 6.00. The topological polar surface area (TPSA) is 75.3 Å². The molecule has 2 N–H and O–H groups in total. The summed E-state index contributed by atoms with van der Waals surface area (Å²) in [5, 5.41) is 2.84.